The number of hydrazine groups is 1. The second kappa shape index (κ2) is 2.63. The topological polar surface area (TPSA) is 18.4 Å². The summed E-state index contributed by atoms with van der Waals surface area (Å²) in [6.45, 7) is 13.2. The minimum absolute atomic E-state index is 0.141. The number of rotatable bonds is 0. The molecule has 1 aliphatic rings. The van der Waals surface area contributed by atoms with Gasteiger partial charge in [0.15, 0.2) is 0 Å². The first-order chi connectivity index (χ1) is 5.69. The molecule has 0 radical (unpaired) electrons. The van der Waals surface area contributed by atoms with E-state index in [0.717, 1.165) is 5.96 Å². The first kappa shape index (κ1) is 10.4. The Kier molecular flexibility index (Phi) is 2.09. The van der Waals surface area contributed by atoms with Gasteiger partial charge in [-0.15, -0.1) is 0 Å². The molecule has 0 aromatic carbocycles. The molecule has 0 saturated carbocycles. The summed E-state index contributed by atoms with van der Waals surface area (Å²) in [5.41, 5.74) is 0.282. The van der Waals surface area contributed by atoms with Crippen molar-refractivity contribution in [3.05, 3.63) is 0 Å². The lowest BCUT2D eigenvalue weighted by atomic mass is 10.1. The Labute approximate surface area is 81.4 Å². The zero-order chi connectivity index (χ0) is 10.4. The highest BCUT2D eigenvalue weighted by molar-refractivity contribution is 5.92. The van der Waals surface area contributed by atoms with Crippen molar-refractivity contribution in [2.24, 2.45) is 4.99 Å². The third-order valence-corrected chi connectivity index (χ3v) is 2.01. The van der Waals surface area contributed by atoms with E-state index in [-0.39, 0.29) is 11.1 Å². The average Bonchev–Trinajstić information content (AvgIpc) is 2.56. The summed E-state index contributed by atoms with van der Waals surface area (Å²) in [5, 5.41) is 4.49. The largest absolute Gasteiger partial charge is 0.253 e. The zero-order valence-corrected chi connectivity index (χ0v) is 9.84. The van der Waals surface area contributed by atoms with Crippen LogP contribution in [0.1, 0.15) is 41.5 Å². The number of nitrogens with zero attached hydrogens (tertiary/aromatic N) is 3. The number of hydrogen-bond donors (Lipinski definition) is 0. The monoisotopic (exact) mass is 183 g/mol. The van der Waals surface area contributed by atoms with E-state index < -0.39 is 0 Å². The van der Waals surface area contributed by atoms with Crippen LogP contribution >= 0.6 is 0 Å². The fraction of sp³-hybridized carbons (Fsp3) is 0.900. The normalized spacial score (nSPS) is 17.9. The summed E-state index contributed by atoms with van der Waals surface area (Å²) in [5.74, 6) is 1.10. The lowest BCUT2D eigenvalue weighted by Crippen LogP contribution is -2.36. The fourth-order valence-corrected chi connectivity index (χ4v) is 1.53. The molecule has 0 aromatic rings. The molecular formula is C10H21N3. The molecule has 0 bridgehead atoms. The van der Waals surface area contributed by atoms with E-state index in [1.807, 2.05) is 7.05 Å². The Bertz CT molecular complexity index is 208. The minimum Gasteiger partial charge on any atom is -0.253 e. The third kappa shape index (κ3) is 1.79. The van der Waals surface area contributed by atoms with Gasteiger partial charge in [0.1, 0.15) is 0 Å². The van der Waals surface area contributed by atoms with Gasteiger partial charge in [-0.3, -0.25) is 4.99 Å². The standard InChI is InChI=1S/C10H21N3/c1-9(2,3)12-8(11-7)13(12)10(4,5)6/h1-7H3. The Morgan fingerprint density at radius 1 is 0.846 bits per heavy atom. The smallest absolute Gasteiger partial charge is 0.236 e. The van der Waals surface area contributed by atoms with Gasteiger partial charge in [0.05, 0.1) is 11.1 Å². The van der Waals surface area contributed by atoms with Crippen molar-refractivity contribution < 1.29 is 0 Å². The quantitative estimate of drug-likeness (QED) is 0.535. The number of aliphatic imine (C=N–C) groups is 1. The molecule has 1 aliphatic heterocycles. The first-order valence-corrected chi connectivity index (χ1v) is 4.77. The van der Waals surface area contributed by atoms with Crippen LogP contribution in [0.25, 0.3) is 0 Å². The van der Waals surface area contributed by atoms with Gasteiger partial charge in [0, 0.05) is 7.05 Å². The summed E-state index contributed by atoms with van der Waals surface area (Å²) < 4.78 is 0. The van der Waals surface area contributed by atoms with Gasteiger partial charge < -0.3 is 0 Å². The van der Waals surface area contributed by atoms with E-state index in [2.05, 4.69) is 56.6 Å². The van der Waals surface area contributed by atoms with Crippen LogP contribution in [-0.4, -0.2) is 34.1 Å². The summed E-state index contributed by atoms with van der Waals surface area (Å²) in [7, 11) is 1.85. The Balaban J connectivity index is 2.84. The molecule has 0 amide bonds. The summed E-state index contributed by atoms with van der Waals surface area (Å²) in [4.78, 5) is 4.26. The lowest BCUT2D eigenvalue weighted by Gasteiger charge is -2.27. The van der Waals surface area contributed by atoms with Gasteiger partial charge in [-0.1, -0.05) is 0 Å². The second-order valence-electron chi connectivity index (χ2n) is 5.49. The Morgan fingerprint density at radius 2 is 1.15 bits per heavy atom. The van der Waals surface area contributed by atoms with Crippen LogP contribution in [-0.2, 0) is 0 Å². The lowest BCUT2D eigenvalue weighted by molar-refractivity contribution is 0.110. The van der Waals surface area contributed by atoms with Gasteiger partial charge in [-0.25, -0.2) is 10.0 Å². The van der Waals surface area contributed by atoms with Crippen molar-refractivity contribution >= 4 is 5.96 Å². The highest BCUT2D eigenvalue weighted by atomic mass is 15.9. The minimum atomic E-state index is 0.141. The van der Waals surface area contributed by atoms with E-state index in [4.69, 9.17) is 0 Å². The van der Waals surface area contributed by atoms with Gasteiger partial charge in [-0.05, 0) is 41.5 Å². The molecule has 0 aliphatic carbocycles. The molecule has 13 heavy (non-hydrogen) atoms. The molecule has 3 nitrogen and oxygen atoms in total. The molecule has 0 aromatic heterocycles. The number of guanidine groups is 1. The molecule has 3 heteroatoms. The maximum atomic E-state index is 4.26. The van der Waals surface area contributed by atoms with E-state index in [0.29, 0.717) is 0 Å². The fourth-order valence-electron chi connectivity index (χ4n) is 1.53. The van der Waals surface area contributed by atoms with Gasteiger partial charge in [0.25, 0.3) is 0 Å². The van der Waals surface area contributed by atoms with Gasteiger partial charge in [0.2, 0.25) is 5.96 Å². The maximum absolute atomic E-state index is 4.26. The van der Waals surface area contributed by atoms with Crippen molar-refractivity contribution in [3.8, 4) is 0 Å². The summed E-state index contributed by atoms with van der Waals surface area (Å²) in [6, 6.07) is 0. The van der Waals surface area contributed by atoms with Crippen molar-refractivity contribution in [1.82, 2.24) is 10.0 Å². The zero-order valence-electron chi connectivity index (χ0n) is 9.84. The maximum Gasteiger partial charge on any atom is 0.236 e. The SMILES string of the molecule is CN=C1N(C(C)(C)C)N1C(C)(C)C. The van der Waals surface area contributed by atoms with Crippen molar-refractivity contribution in [3.63, 3.8) is 0 Å². The molecule has 76 valence electrons. The molecular weight excluding hydrogens is 162 g/mol. The highest BCUT2D eigenvalue weighted by Gasteiger charge is 2.52. The molecule has 1 saturated heterocycles. The van der Waals surface area contributed by atoms with Crippen LogP contribution < -0.4 is 0 Å². The molecule has 0 N–H and O–H groups in total. The van der Waals surface area contributed by atoms with Crippen LogP contribution in [0.15, 0.2) is 4.99 Å². The van der Waals surface area contributed by atoms with Crippen LogP contribution in [0.4, 0.5) is 0 Å². The van der Waals surface area contributed by atoms with Gasteiger partial charge in [-0.2, -0.15) is 0 Å². The third-order valence-electron chi connectivity index (χ3n) is 2.01. The van der Waals surface area contributed by atoms with E-state index >= 15 is 0 Å². The van der Waals surface area contributed by atoms with Crippen molar-refractivity contribution in [2.75, 3.05) is 7.05 Å². The predicted molar refractivity (Wildman–Crippen MR) is 56.5 cm³/mol. The molecule has 0 spiro atoms. The molecule has 1 fully saturated rings. The molecule has 0 atom stereocenters. The summed E-state index contributed by atoms with van der Waals surface area (Å²) >= 11 is 0. The van der Waals surface area contributed by atoms with E-state index in [1.54, 1.807) is 0 Å². The van der Waals surface area contributed by atoms with Crippen molar-refractivity contribution in [2.45, 2.75) is 52.6 Å². The van der Waals surface area contributed by atoms with Gasteiger partial charge >= 0.3 is 0 Å². The van der Waals surface area contributed by atoms with Crippen molar-refractivity contribution in [1.29, 1.82) is 0 Å². The predicted octanol–water partition coefficient (Wildman–Crippen LogP) is 2.10. The van der Waals surface area contributed by atoms with Crippen LogP contribution in [0.5, 0.6) is 0 Å². The first-order valence-electron chi connectivity index (χ1n) is 4.77. The average molecular weight is 183 g/mol. The highest BCUT2D eigenvalue weighted by Crippen LogP contribution is 2.36. The molecule has 0 unspecified atom stereocenters. The molecule has 1 heterocycles. The Hall–Kier alpha value is -0.730. The summed E-state index contributed by atoms with van der Waals surface area (Å²) in [6.07, 6.45) is 0. The van der Waals surface area contributed by atoms with E-state index in [9.17, 15) is 0 Å². The second-order valence-corrected chi connectivity index (χ2v) is 5.49. The van der Waals surface area contributed by atoms with Crippen LogP contribution in [0.2, 0.25) is 0 Å². The van der Waals surface area contributed by atoms with E-state index in [1.165, 1.54) is 0 Å². The Morgan fingerprint density at radius 3 is 1.23 bits per heavy atom. The number of hydrogen-bond acceptors (Lipinski definition) is 1. The van der Waals surface area contributed by atoms with Crippen LogP contribution in [0.3, 0.4) is 0 Å². The van der Waals surface area contributed by atoms with Crippen LogP contribution in [0, 0.1) is 0 Å². The molecule has 1 rings (SSSR count).